The highest BCUT2D eigenvalue weighted by Crippen LogP contribution is 2.24. The van der Waals surface area contributed by atoms with Crippen molar-refractivity contribution in [3.8, 4) is 0 Å². The fourth-order valence-corrected chi connectivity index (χ4v) is 5.34. The molecule has 1 aromatic carbocycles. The maximum Gasteiger partial charge on any atom is 0.209 e. The fraction of sp³-hybridized carbons (Fsp3) is 0.538. The lowest BCUT2D eigenvalue weighted by Gasteiger charge is -2.25. The van der Waals surface area contributed by atoms with Crippen LogP contribution in [0.5, 0.6) is 0 Å². The van der Waals surface area contributed by atoms with E-state index >= 15 is 0 Å². The molecule has 0 bridgehead atoms. The highest BCUT2D eigenvalue weighted by atomic mass is 35.5. The molecule has 0 aromatic heterocycles. The summed E-state index contributed by atoms with van der Waals surface area (Å²) >= 11 is 6.15. The molecule has 120 valence electrons. The molecule has 1 aromatic rings. The molecule has 0 radical (unpaired) electrons. The van der Waals surface area contributed by atoms with Crippen LogP contribution < -0.4 is 4.72 Å². The van der Waals surface area contributed by atoms with Crippen molar-refractivity contribution >= 4 is 31.5 Å². The second-order valence-electron chi connectivity index (χ2n) is 5.36. The monoisotopic (exact) mass is 353 g/mol. The lowest BCUT2D eigenvalue weighted by atomic mass is 10.1. The van der Waals surface area contributed by atoms with Gasteiger partial charge >= 0.3 is 0 Å². The van der Waals surface area contributed by atoms with Crippen molar-refractivity contribution in [1.82, 2.24) is 4.72 Å². The first-order chi connectivity index (χ1) is 9.45. The number of hydrogen-bond donors (Lipinski definition) is 1. The van der Waals surface area contributed by atoms with E-state index in [1.807, 2.05) is 6.92 Å². The molecule has 2 atom stereocenters. The van der Waals surface area contributed by atoms with E-state index in [1.165, 1.54) is 12.1 Å². The van der Waals surface area contributed by atoms with E-state index in [0.717, 1.165) is 11.8 Å². The summed E-state index contributed by atoms with van der Waals surface area (Å²) in [6, 6.07) is 6.21. The van der Waals surface area contributed by atoms with Crippen molar-refractivity contribution in [2.24, 2.45) is 5.92 Å². The van der Waals surface area contributed by atoms with E-state index in [1.54, 1.807) is 26.0 Å². The van der Waals surface area contributed by atoms with Gasteiger partial charge < -0.3 is 0 Å². The van der Waals surface area contributed by atoms with Gasteiger partial charge in [0.05, 0.1) is 16.5 Å². The van der Waals surface area contributed by atoms with Gasteiger partial charge in [0.25, 0.3) is 0 Å². The van der Waals surface area contributed by atoms with Crippen molar-refractivity contribution in [2.75, 3.05) is 6.26 Å². The van der Waals surface area contributed by atoms with Gasteiger partial charge in [0, 0.05) is 0 Å². The summed E-state index contributed by atoms with van der Waals surface area (Å²) in [5, 5.41) is -2.29. The summed E-state index contributed by atoms with van der Waals surface area (Å²) in [5.74, 6) is -0.217. The predicted molar refractivity (Wildman–Crippen MR) is 84.6 cm³/mol. The van der Waals surface area contributed by atoms with Crippen LogP contribution in [-0.2, 0) is 19.9 Å². The largest absolute Gasteiger partial charge is 0.222 e. The smallest absolute Gasteiger partial charge is 0.209 e. The summed E-state index contributed by atoms with van der Waals surface area (Å²) in [5.41, 5.74) is 0.910. The third-order valence-electron chi connectivity index (χ3n) is 2.94. The Morgan fingerprint density at radius 2 is 1.52 bits per heavy atom. The van der Waals surface area contributed by atoms with E-state index in [4.69, 9.17) is 11.6 Å². The van der Waals surface area contributed by atoms with E-state index in [2.05, 4.69) is 4.72 Å². The Kier molecular flexibility index (Phi) is 5.83. The van der Waals surface area contributed by atoms with Crippen LogP contribution in [0.1, 0.15) is 19.4 Å². The van der Waals surface area contributed by atoms with Crippen LogP contribution in [0.4, 0.5) is 0 Å². The van der Waals surface area contributed by atoms with Crippen LogP contribution in [0.25, 0.3) is 0 Å². The minimum Gasteiger partial charge on any atom is -0.222 e. The molecular weight excluding hydrogens is 334 g/mol. The summed E-state index contributed by atoms with van der Waals surface area (Å²) < 4.78 is 50.4. The van der Waals surface area contributed by atoms with E-state index in [9.17, 15) is 16.8 Å². The second-order valence-corrected chi connectivity index (χ2v) is 9.71. The van der Waals surface area contributed by atoms with E-state index in [0.29, 0.717) is 0 Å². The highest BCUT2D eigenvalue weighted by Gasteiger charge is 2.37. The van der Waals surface area contributed by atoms with Crippen molar-refractivity contribution in [3.05, 3.63) is 29.8 Å². The van der Waals surface area contributed by atoms with Gasteiger partial charge in [-0.05, 0) is 25.0 Å². The average Bonchev–Trinajstić information content (AvgIpc) is 2.34. The number of aryl methyl sites for hydroxylation is 1. The van der Waals surface area contributed by atoms with Gasteiger partial charge in [-0.25, -0.2) is 16.8 Å². The number of hydrogen-bond acceptors (Lipinski definition) is 4. The summed E-state index contributed by atoms with van der Waals surface area (Å²) in [7, 11) is -7.63. The Labute approximate surface area is 131 Å². The SMILES string of the molecule is Cc1ccc(S(=O)(=O)[C@@H](NS(C)(=O)=O)[C@H](Cl)C(C)C)cc1. The molecule has 21 heavy (non-hydrogen) atoms. The van der Waals surface area contributed by atoms with Gasteiger partial charge in [-0.1, -0.05) is 31.5 Å². The van der Waals surface area contributed by atoms with E-state index < -0.39 is 30.6 Å². The van der Waals surface area contributed by atoms with Crippen LogP contribution in [0.3, 0.4) is 0 Å². The zero-order chi connectivity index (χ0) is 16.4. The Balaban J connectivity index is 3.32. The Morgan fingerprint density at radius 1 is 1.05 bits per heavy atom. The Morgan fingerprint density at radius 3 is 1.90 bits per heavy atom. The quantitative estimate of drug-likeness (QED) is 0.792. The molecular formula is C13H20ClNO4S2. The maximum atomic E-state index is 12.7. The first kappa shape index (κ1) is 18.4. The van der Waals surface area contributed by atoms with Crippen LogP contribution in [0.2, 0.25) is 0 Å². The predicted octanol–water partition coefficient (Wildman–Crippen LogP) is 1.91. The van der Waals surface area contributed by atoms with Crippen LogP contribution in [0, 0.1) is 12.8 Å². The van der Waals surface area contributed by atoms with Crippen LogP contribution in [0.15, 0.2) is 29.2 Å². The molecule has 0 aliphatic carbocycles. The number of nitrogens with one attached hydrogen (secondary N) is 1. The molecule has 0 saturated heterocycles. The minimum atomic E-state index is -3.92. The number of sulfonamides is 1. The molecule has 0 saturated carbocycles. The summed E-state index contributed by atoms with van der Waals surface area (Å²) in [6.07, 6.45) is 0.911. The molecule has 0 aliphatic rings. The summed E-state index contributed by atoms with van der Waals surface area (Å²) in [4.78, 5) is 0.0422. The minimum absolute atomic E-state index is 0.0422. The molecule has 0 aliphatic heterocycles. The van der Waals surface area contributed by atoms with Gasteiger partial charge in [0.15, 0.2) is 9.84 Å². The number of alkyl halides is 1. The molecule has 0 heterocycles. The zero-order valence-corrected chi connectivity index (χ0v) is 14.8. The lowest BCUT2D eigenvalue weighted by molar-refractivity contribution is 0.509. The van der Waals surface area contributed by atoms with Crippen molar-refractivity contribution in [3.63, 3.8) is 0 Å². The molecule has 1 rings (SSSR count). The summed E-state index contributed by atoms with van der Waals surface area (Å²) in [6.45, 7) is 5.31. The number of sulfone groups is 1. The van der Waals surface area contributed by atoms with Crippen molar-refractivity contribution in [1.29, 1.82) is 0 Å². The maximum absolute atomic E-state index is 12.7. The fourth-order valence-electron chi connectivity index (χ4n) is 1.73. The standard InChI is InChI=1S/C13H20ClNO4S2/c1-9(2)12(14)13(15-20(4,16)17)21(18,19)11-7-5-10(3)6-8-11/h5-9,12-13,15H,1-4H3/t12-,13-/m1/s1. The Hall–Kier alpha value is -0.630. The highest BCUT2D eigenvalue weighted by molar-refractivity contribution is 7.94. The first-order valence-corrected chi connectivity index (χ1v) is 10.2. The van der Waals surface area contributed by atoms with Crippen LogP contribution >= 0.6 is 11.6 Å². The molecule has 0 unspecified atom stereocenters. The normalized spacial score (nSPS) is 15.9. The number of halogens is 1. The van der Waals surface area contributed by atoms with E-state index in [-0.39, 0.29) is 10.8 Å². The molecule has 8 heteroatoms. The van der Waals surface area contributed by atoms with Gasteiger partial charge in [-0.2, -0.15) is 4.72 Å². The van der Waals surface area contributed by atoms with Crippen LogP contribution in [-0.4, -0.2) is 33.8 Å². The molecule has 5 nitrogen and oxygen atoms in total. The zero-order valence-electron chi connectivity index (χ0n) is 12.4. The topological polar surface area (TPSA) is 80.3 Å². The van der Waals surface area contributed by atoms with Gasteiger partial charge in [-0.15, -0.1) is 11.6 Å². The first-order valence-electron chi connectivity index (χ1n) is 6.37. The average molecular weight is 354 g/mol. The molecule has 0 spiro atoms. The van der Waals surface area contributed by atoms with Crippen molar-refractivity contribution in [2.45, 2.75) is 36.4 Å². The van der Waals surface area contributed by atoms with Gasteiger partial charge in [-0.3, -0.25) is 0 Å². The number of rotatable bonds is 6. The lowest BCUT2D eigenvalue weighted by Crippen LogP contribution is -2.47. The molecule has 0 amide bonds. The molecule has 1 N–H and O–H groups in total. The molecule has 0 fully saturated rings. The third-order valence-corrected chi connectivity index (χ3v) is 6.69. The number of benzene rings is 1. The van der Waals surface area contributed by atoms with Gasteiger partial charge in [0.1, 0.15) is 5.37 Å². The third kappa shape index (κ3) is 4.95. The Bertz CT molecular complexity index is 681. The van der Waals surface area contributed by atoms with Gasteiger partial charge in [0.2, 0.25) is 10.0 Å². The second kappa shape index (κ2) is 6.64. The van der Waals surface area contributed by atoms with Crippen molar-refractivity contribution < 1.29 is 16.8 Å².